The van der Waals surface area contributed by atoms with Crippen LogP contribution in [0.4, 0.5) is 0 Å². The molecule has 2 aromatic carbocycles. The highest BCUT2D eigenvalue weighted by Crippen LogP contribution is 2.14. The van der Waals surface area contributed by atoms with Crippen molar-refractivity contribution in [2.75, 3.05) is 0 Å². The Morgan fingerprint density at radius 3 is 2.10 bits per heavy atom. The molecule has 2 heterocycles. The fraction of sp³-hybridized carbons (Fsp3) is 0.250. The van der Waals surface area contributed by atoms with E-state index in [0.717, 1.165) is 15.7 Å². The van der Waals surface area contributed by atoms with Crippen LogP contribution in [0.15, 0.2) is 70.3 Å². The van der Waals surface area contributed by atoms with Crippen molar-refractivity contribution in [3.8, 4) is 6.07 Å². The van der Waals surface area contributed by atoms with Gasteiger partial charge in [-0.3, -0.25) is 14.2 Å². The first-order valence-electron chi connectivity index (χ1n) is 10.2. The highest BCUT2D eigenvalue weighted by molar-refractivity contribution is 5.76. The molecule has 4 rings (SSSR count). The van der Waals surface area contributed by atoms with Crippen molar-refractivity contribution in [2.24, 2.45) is 0 Å². The maximum Gasteiger partial charge on any atom is 0.331 e. The van der Waals surface area contributed by atoms with E-state index >= 15 is 0 Å². The van der Waals surface area contributed by atoms with Gasteiger partial charge in [-0.05, 0) is 24.0 Å². The van der Waals surface area contributed by atoms with Crippen LogP contribution in [0.3, 0.4) is 0 Å². The Hall–Kier alpha value is -3.92. The van der Waals surface area contributed by atoms with Crippen molar-refractivity contribution in [3.05, 3.63) is 104 Å². The van der Waals surface area contributed by atoms with Crippen LogP contribution in [0.5, 0.6) is 0 Å². The SMILES string of the molecule is N#Cc1c2n(c(=O)n(CC(=O)N(Cc3ccccc3)Cc3ccccc3)c1=O)CCC2. The minimum atomic E-state index is -0.687. The molecular weight excluding hydrogens is 392 g/mol. The van der Waals surface area contributed by atoms with Gasteiger partial charge in [-0.1, -0.05) is 60.7 Å². The van der Waals surface area contributed by atoms with Crippen molar-refractivity contribution in [1.82, 2.24) is 14.0 Å². The van der Waals surface area contributed by atoms with Gasteiger partial charge in [0.05, 0.1) is 0 Å². The number of carbonyl (C=O) groups is 1. The summed E-state index contributed by atoms with van der Waals surface area (Å²) in [7, 11) is 0. The summed E-state index contributed by atoms with van der Waals surface area (Å²) in [4.78, 5) is 40.6. The highest BCUT2D eigenvalue weighted by atomic mass is 16.2. The molecule has 1 aliphatic heterocycles. The molecule has 7 heteroatoms. The van der Waals surface area contributed by atoms with E-state index in [2.05, 4.69) is 0 Å². The number of nitriles is 1. The Morgan fingerprint density at radius 1 is 0.968 bits per heavy atom. The molecule has 31 heavy (non-hydrogen) atoms. The molecule has 0 radical (unpaired) electrons. The van der Waals surface area contributed by atoms with E-state index in [0.29, 0.717) is 38.2 Å². The van der Waals surface area contributed by atoms with Crippen LogP contribution in [0.25, 0.3) is 0 Å². The molecule has 156 valence electrons. The normalized spacial score (nSPS) is 12.2. The summed E-state index contributed by atoms with van der Waals surface area (Å²) in [6.45, 7) is 0.753. The van der Waals surface area contributed by atoms with E-state index < -0.39 is 17.8 Å². The van der Waals surface area contributed by atoms with E-state index in [1.54, 1.807) is 4.90 Å². The second kappa shape index (κ2) is 8.84. The number of hydrogen-bond donors (Lipinski definition) is 0. The zero-order valence-electron chi connectivity index (χ0n) is 17.0. The second-order valence-corrected chi connectivity index (χ2v) is 7.58. The number of rotatable bonds is 6. The third kappa shape index (κ3) is 4.19. The molecule has 0 aliphatic carbocycles. The molecule has 0 spiro atoms. The van der Waals surface area contributed by atoms with Gasteiger partial charge in [-0.2, -0.15) is 5.26 Å². The summed E-state index contributed by atoms with van der Waals surface area (Å²) < 4.78 is 2.35. The summed E-state index contributed by atoms with van der Waals surface area (Å²) >= 11 is 0. The first-order valence-corrected chi connectivity index (χ1v) is 10.2. The number of benzene rings is 2. The summed E-state index contributed by atoms with van der Waals surface area (Å²) in [6, 6.07) is 21.0. The maximum atomic E-state index is 13.3. The average Bonchev–Trinajstić information content (AvgIpc) is 3.28. The molecule has 0 N–H and O–H groups in total. The highest BCUT2D eigenvalue weighted by Gasteiger charge is 2.25. The molecule has 0 bridgehead atoms. The number of amides is 1. The van der Waals surface area contributed by atoms with Gasteiger partial charge >= 0.3 is 5.69 Å². The number of carbonyl (C=O) groups excluding carboxylic acids is 1. The lowest BCUT2D eigenvalue weighted by Crippen LogP contribution is -2.45. The first-order chi connectivity index (χ1) is 15.1. The smallest absolute Gasteiger partial charge is 0.331 e. The van der Waals surface area contributed by atoms with Crippen LogP contribution in [0.2, 0.25) is 0 Å². The molecule has 0 fully saturated rings. The first kappa shape index (κ1) is 20.4. The van der Waals surface area contributed by atoms with Crippen LogP contribution < -0.4 is 11.2 Å². The van der Waals surface area contributed by atoms with Gasteiger partial charge in [0.1, 0.15) is 18.2 Å². The quantitative estimate of drug-likeness (QED) is 0.618. The van der Waals surface area contributed by atoms with Crippen molar-refractivity contribution < 1.29 is 4.79 Å². The van der Waals surface area contributed by atoms with Gasteiger partial charge in [0.25, 0.3) is 5.56 Å². The van der Waals surface area contributed by atoms with E-state index in [9.17, 15) is 19.6 Å². The Morgan fingerprint density at radius 2 is 1.55 bits per heavy atom. The minimum Gasteiger partial charge on any atom is -0.332 e. The van der Waals surface area contributed by atoms with Crippen LogP contribution in [-0.4, -0.2) is 19.9 Å². The topological polar surface area (TPSA) is 88.1 Å². The third-order valence-electron chi connectivity index (χ3n) is 5.52. The summed E-state index contributed by atoms with van der Waals surface area (Å²) in [6.07, 6.45) is 1.23. The predicted octanol–water partition coefficient (Wildman–Crippen LogP) is 2.06. The van der Waals surface area contributed by atoms with Crippen LogP contribution in [0, 0.1) is 11.3 Å². The molecular formula is C24H22N4O3. The average molecular weight is 414 g/mol. The van der Waals surface area contributed by atoms with Gasteiger partial charge in [0, 0.05) is 25.3 Å². The Labute approximate surface area is 179 Å². The minimum absolute atomic E-state index is 0.0393. The van der Waals surface area contributed by atoms with E-state index in [1.165, 1.54) is 4.57 Å². The van der Waals surface area contributed by atoms with E-state index in [-0.39, 0.29) is 11.5 Å². The fourth-order valence-corrected chi connectivity index (χ4v) is 3.96. The summed E-state index contributed by atoms with van der Waals surface area (Å²) in [5, 5.41) is 9.46. The Bertz CT molecular complexity index is 1210. The van der Waals surface area contributed by atoms with Crippen molar-refractivity contribution in [1.29, 1.82) is 5.26 Å². The van der Waals surface area contributed by atoms with Gasteiger partial charge in [0.15, 0.2) is 0 Å². The number of aromatic nitrogens is 2. The zero-order chi connectivity index (χ0) is 21.8. The summed E-state index contributed by atoms with van der Waals surface area (Å²) in [5.74, 6) is -0.352. The molecule has 0 atom stereocenters. The molecule has 0 unspecified atom stereocenters. The van der Waals surface area contributed by atoms with Crippen LogP contribution in [-0.2, 0) is 37.4 Å². The van der Waals surface area contributed by atoms with Crippen LogP contribution >= 0.6 is 0 Å². The summed E-state index contributed by atoms with van der Waals surface area (Å²) in [5.41, 5.74) is 1.12. The molecule has 0 saturated carbocycles. The number of hydrogen-bond acceptors (Lipinski definition) is 4. The van der Waals surface area contributed by atoms with Crippen molar-refractivity contribution in [3.63, 3.8) is 0 Å². The lowest BCUT2D eigenvalue weighted by Gasteiger charge is -2.24. The van der Waals surface area contributed by atoms with Gasteiger partial charge < -0.3 is 4.90 Å². The lowest BCUT2D eigenvalue weighted by atomic mass is 10.1. The zero-order valence-corrected chi connectivity index (χ0v) is 17.0. The molecule has 1 aliphatic rings. The van der Waals surface area contributed by atoms with Crippen LogP contribution in [0.1, 0.15) is 28.8 Å². The van der Waals surface area contributed by atoms with Crippen molar-refractivity contribution >= 4 is 5.91 Å². The second-order valence-electron chi connectivity index (χ2n) is 7.58. The van der Waals surface area contributed by atoms with Crippen molar-refractivity contribution in [2.45, 2.75) is 39.0 Å². The number of fused-ring (bicyclic) bond motifs is 1. The number of nitrogens with zero attached hydrogens (tertiary/aromatic N) is 4. The van der Waals surface area contributed by atoms with E-state index in [1.807, 2.05) is 66.7 Å². The Balaban J connectivity index is 1.67. The van der Waals surface area contributed by atoms with Gasteiger partial charge in [0.2, 0.25) is 5.91 Å². The molecule has 7 nitrogen and oxygen atoms in total. The Kier molecular flexibility index (Phi) is 5.80. The standard InChI is InChI=1S/C24H22N4O3/c25-14-20-21-12-7-13-27(21)24(31)28(23(20)30)17-22(29)26(15-18-8-3-1-4-9-18)16-19-10-5-2-6-11-19/h1-6,8-11H,7,12-13,15-17H2. The third-order valence-corrected chi connectivity index (χ3v) is 5.52. The predicted molar refractivity (Wildman–Crippen MR) is 115 cm³/mol. The van der Waals surface area contributed by atoms with Gasteiger partial charge in [-0.15, -0.1) is 0 Å². The van der Waals surface area contributed by atoms with E-state index in [4.69, 9.17) is 0 Å². The monoisotopic (exact) mass is 414 g/mol. The molecule has 1 aromatic heterocycles. The maximum absolute atomic E-state index is 13.3. The molecule has 0 saturated heterocycles. The van der Waals surface area contributed by atoms with Gasteiger partial charge in [-0.25, -0.2) is 9.36 Å². The largest absolute Gasteiger partial charge is 0.332 e. The lowest BCUT2D eigenvalue weighted by molar-refractivity contribution is -0.133. The molecule has 3 aromatic rings. The molecule has 1 amide bonds. The fourth-order valence-electron chi connectivity index (χ4n) is 3.96.